The van der Waals surface area contributed by atoms with Gasteiger partial charge < -0.3 is 0 Å². The lowest BCUT2D eigenvalue weighted by Gasteiger charge is -2.27. The van der Waals surface area contributed by atoms with E-state index >= 15 is 0 Å². The van der Waals surface area contributed by atoms with Crippen LogP contribution in [0, 0.1) is 0 Å². The monoisotopic (exact) mass is 638 g/mol. The maximum atomic E-state index is 2.46. The van der Waals surface area contributed by atoms with Crippen LogP contribution in [0.3, 0.4) is 0 Å². The molecule has 238 valence electrons. The fourth-order valence-electron chi connectivity index (χ4n) is 9.59. The molecule has 8 aromatic rings. The molecule has 0 atom stereocenters. The van der Waals surface area contributed by atoms with Gasteiger partial charge in [0.1, 0.15) is 0 Å². The minimum Gasteiger partial charge on any atom is -0.0622 e. The van der Waals surface area contributed by atoms with E-state index in [1.807, 2.05) is 0 Å². The molecule has 0 unspecified atom stereocenters. The van der Waals surface area contributed by atoms with Crippen LogP contribution in [0.25, 0.3) is 77.2 Å². The largest absolute Gasteiger partial charge is 0.0622 e. The van der Waals surface area contributed by atoms with E-state index in [4.69, 9.17) is 0 Å². The molecular formula is C50H38. The highest BCUT2D eigenvalue weighted by molar-refractivity contribution is 6.24. The Morgan fingerprint density at radius 2 is 0.820 bits per heavy atom. The van der Waals surface area contributed by atoms with Crippen LogP contribution < -0.4 is 0 Å². The van der Waals surface area contributed by atoms with Gasteiger partial charge in [-0.1, -0.05) is 179 Å². The smallest absolute Gasteiger partial charge is 0.0165 e. The Balaban J connectivity index is 1.37. The molecule has 0 heterocycles. The van der Waals surface area contributed by atoms with Gasteiger partial charge in [0.05, 0.1) is 0 Å². The van der Waals surface area contributed by atoms with E-state index in [0.29, 0.717) is 0 Å². The van der Waals surface area contributed by atoms with E-state index in [-0.39, 0.29) is 10.8 Å². The molecule has 0 amide bonds. The number of rotatable bonds is 3. The summed E-state index contributed by atoms with van der Waals surface area (Å²) in [5.41, 5.74) is 18.6. The first-order valence-electron chi connectivity index (χ1n) is 17.9. The van der Waals surface area contributed by atoms with Crippen molar-refractivity contribution in [3.05, 3.63) is 180 Å². The van der Waals surface area contributed by atoms with Crippen molar-refractivity contribution in [2.24, 2.45) is 0 Å². The first-order chi connectivity index (χ1) is 24.4. The maximum Gasteiger partial charge on any atom is 0.0165 e. The van der Waals surface area contributed by atoms with Gasteiger partial charge in [-0.15, -0.1) is 0 Å². The van der Waals surface area contributed by atoms with Crippen LogP contribution in [-0.4, -0.2) is 0 Å². The van der Waals surface area contributed by atoms with Crippen LogP contribution in [0.5, 0.6) is 0 Å². The van der Waals surface area contributed by atoms with E-state index in [1.165, 1.54) is 99.4 Å². The van der Waals surface area contributed by atoms with Crippen LogP contribution in [0.4, 0.5) is 0 Å². The van der Waals surface area contributed by atoms with Crippen molar-refractivity contribution in [1.29, 1.82) is 0 Å². The topological polar surface area (TPSA) is 0 Å². The zero-order chi connectivity index (χ0) is 33.8. The molecule has 0 fully saturated rings. The SMILES string of the molecule is CC1(C)c2ccccc2-c2c(-c3c4ccccc4c(-c4cccc5c4C(C)(C)c4ccccc4-5)c4ccc(-c5ccccc5)cc34)cccc21. The Labute approximate surface area is 294 Å². The maximum absolute atomic E-state index is 2.46. The predicted octanol–water partition coefficient (Wildman–Crippen LogP) is 13.6. The van der Waals surface area contributed by atoms with Gasteiger partial charge in [-0.25, -0.2) is 0 Å². The van der Waals surface area contributed by atoms with Crippen molar-refractivity contribution in [3.63, 3.8) is 0 Å². The molecule has 0 aliphatic heterocycles. The lowest BCUT2D eigenvalue weighted by atomic mass is 9.76. The number of hydrogen-bond donors (Lipinski definition) is 0. The van der Waals surface area contributed by atoms with Gasteiger partial charge in [0.15, 0.2) is 0 Å². The number of hydrogen-bond acceptors (Lipinski definition) is 0. The second-order valence-corrected chi connectivity index (χ2v) is 15.2. The van der Waals surface area contributed by atoms with Crippen molar-refractivity contribution >= 4 is 21.5 Å². The summed E-state index contributed by atoms with van der Waals surface area (Å²) in [6.45, 7) is 9.56. The molecule has 0 bridgehead atoms. The number of benzene rings is 8. The highest BCUT2D eigenvalue weighted by Crippen LogP contribution is 2.57. The van der Waals surface area contributed by atoms with Crippen LogP contribution >= 0.6 is 0 Å². The third-order valence-corrected chi connectivity index (χ3v) is 11.9. The quantitative estimate of drug-likeness (QED) is 0.169. The zero-order valence-electron chi connectivity index (χ0n) is 29.0. The Morgan fingerprint density at radius 3 is 1.58 bits per heavy atom. The van der Waals surface area contributed by atoms with E-state index in [0.717, 1.165) is 0 Å². The van der Waals surface area contributed by atoms with E-state index in [9.17, 15) is 0 Å². The minimum atomic E-state index is -0.131. The Hall–Kier alpha value is -5.72. The molecule has 0 aromatic heterocycles. The molecule has 0 radical (unpaired) electrons. The fraction of sp³-hybridized carbons (Fsp3) is 0.120. The summed E-state index contributed by atoms with van der Waals surface area (Å²) >= 11 is 0. The molecule has 0 N–H and O–H groups in total. The van der Waals surface area contributed by atoms with E-state index in [2.05, 4.69) is 185 Å². The molecule has 2 aliphatic carbocycles. The Morgan fingerprint density at radius 1 is 0.300 bits per heavy atom. The van der Waals surface area contributed by atoms with Crippen molar-refractivity contribution in [3.8, 4) is 55.6 Å². The van der Waals surface area contributed by atoms with Crippen molar-refractivity contribution in [2.45, 2.75) is 38.5 Å². The number of fused-ring (bicyclic) bond motifs is 8. The Bertz CT molecular complexity index is 2690. The van der Waals surface area contributed by atoms with Crippen LogP contribution in [-0.2, 0) is 10.8 Å². The second-order valence-electron chi connectivity index (χ2n) is 15.2. The molecule has 0 saturated carbocycles. The third-order valence-electron chi connectivity index (χ3n) is 11.9. The molecule has 2 aliphatic rings. The predicted molar refractivity (Wildman–Crippen MR) is 213 cm³/mol. The lowest BCUT2D eigenvalue weighted by Crippen LogP contribution is -2.16. The normalized spacial score (nSPS) is 14.7. The van der Waals surface area contributed by atoms with E-state index < -0.39 is 0 Å². The highest BCUT2D eigenvalue weighted by atomic mass is 14.4. The molecular weight excluding hydrogens is 601 g/mol. The molecule has 0 saturated heterocycles. The lowest BCUT2D eigenvalue weighted by molar-refractivity contribution is 0.660. The summed E-state index contributed by atoms with van der Waals surface area (Å²) in [7, 11) is 0. The zero-order valence-corrected chi connectivity index (χ0v) is 29.0. The Kier molecular flexibility index (Phi) is 6.07. The molecule has 0 nitrogen and oxygen atoms in total. The van der Waals surface area contributed by atoms with E-state index in [1.54, 1.807) is 0 Å². The van der Waals surface area contributed by atoms with Gasteiger partial charge in [0.25, 0.3) is 0 Å². The first-order valence-corrected chi connectivity index (χ1v) is 17.9. The molecule has 50 heavy (non-hydrogen) atoms. The summed E-state index contributed by atoms with van der Waals surface area (Å²) in [6, 6.07) is 59.2. The van der Waals surface area contributed by atoms with Crippen molar-refractivity contribution < 1.29 is 0 Å². The van der Waals surface area contributed by atoms with Gasteiger partial charge in [-0.05, 0) is 105 Å². The minimum absolute atomic E-state index is 0.0755. The molecule has 10 rings (SSSR count). The summed E-state index contributed by atoms with van der Waals surface area (Å²) < 4.78 is 0. The summed E-state index contributed by atoms with van der Waals surface area (Å²) in [5, 5.41) is 5.18. The second kappa shape index (κ2) is 10.4. The van der Waals surface area contributed by atoms with Crippen LogP contribution in [0.2, 0.25) is 0 Å². The van der Waals surface area contributed by atoms with Gasteiger partial charge in [0, 0.05) is 10.8 Å². The van der Waals surface area contributed by atoms with Gasteiger partial charge in [0.2, 0.25) is 0 Å². The average Bonchev–Trinajstić information content (AvgIpc) is 3.54. The van der Waals surface area contributed by atoms with Crippen LogP contribution in [0.1, 0.15) is 49.9 Å². The summed E-state index contributed by atoms with van der Waals surface area (Å²) in [4.78, 5) is 0. The molecule has 0 spiro atoms. The van der Waals surface area contributed by atoms with Gasteiger partial charge in [-0.2, -0.15) is 0 Å². The summed E-state index contributed by atoms with van der Waals surface area (Å²) in [6.07, 6.45) is 0. The third kappa shape index (κ3) is 3.88. The summed E-state index contributed by atoms with van der Waals surface area (Å²) in [5.74, 6) is 0. The average molecular weight is 639 g/mol. The fourth-order valence-corrected chi connectivity index (χ4v) is 9.59. The van der Waals surface area contributed by atoms with Crippen LogP contribution in [0.15, 0.2) is 158 Å². The van der Waals surface area contributed by atoms with Gasteiger partial charge >= 0.3 is 0 Å². The van der Waals surface area contributed by atoms with Crippen molar-refractivity contribution in [2.75, 3.05) is 0 Å². The standard InChI is InChI=1S/C50H38/c1-49(2)43-26-13-11-21-38(43)47-39(23-15-27-44(47)49)46-35-20-9-8-19-34(35)45(36-29-28-32(30-41(36)46)31-16-6-5-7-17-31)40-24-14-22-37-33-18-10-12-25-42(33)50(3,4)48(37)40/h5-30H,1-4H3. The molecule has 8 aromatic carbocycles. The molecule has 0 heteroatoms. The first kappa shape index (κ1) is 29.2. The highest BCUT2D eigenvalue weighted by Gasteiger charge is 2.39. The van der Waals surface area contributed by atoms with Crippen molar-refractivity contribution in [1.82, 2.24) is 0 Å². The van der Waals surface area contributed by atoms with Gasteiger partial charge in [-0.3, -0.25) is 0 Å².